The maximum absolute atomic E-state index is 12.4. The Balaban J connectivity index is 1.64. The van der Waals surface area contributed by atoms with E-state index in [1.54, 1.807) is 24.3 Å². The first kappa shape index (κ1) is 19.0. The van der Waals surface area contributed by atoms with Crippen LogP contribution in [0.15, 0.2) is 54.9 Å². The van der Waals surface area contributed by atoms with E-state index in [1.807, 2.05) is 32.0 Å². The van der Waals surface area contributed by atoms with Gasteiger partial charge < -0.3 is 16.0 Å². The number of nitrogens with zero attached hydrogens (tertiary/aromatic N) is 2. The van der Waals surface area contributed by atoms with Gasteiger partial charge >= 0.3 is 0 Å². The lowest BCUT2D eigenvalue weighted by Gasteiger charge is -2.10. The molecule has 0 bridgehead atoms. The van der Waals surface area contributed by atoms with E-state index in [-0.39, 0.29) is 11.8 Å². The van der Waals surface area contributed by atoms with Crippen LogP contribution in [0.3, 0.4) is 0 Å². The number of aromatic nitrogens is 2. The number of rotatable bonds is 5. The van der Waals surface area contributed by atoms with Crippen LogP contribution < -0.4 is 16.0 Å². The van der Waals surface area contributed by atoms with Gasteiger partial charge in [0.15, 0.2) is 0 Å². The van der Waals surface area contributed by atoms with Crippen molar-refractivity contribution in [3.63, 3.8) is 0 Å². The summed E-state index contributed by atoms with van der Waals surface area (Å²) >= 11 is 0. The molecule has 7 heteroatoms. The first-order valence-electron chi connectivity index (χ1n) is 8.76. The molecule has 28 heavy (non-hydrogen) atoms. The van der Waals surface area contributed by atoms with Gasteiger partial charge in [-0.15, -0.1) is 0 Å². The van der Waals surface area contributed by atoms with Gasteiger partial charge in [0.05, 0.1) is 5.56 Å². The fraction of sp³-hybridized carbons (Fsp3) is 0.143. The molecule has 0 aliphatic rings. The van der Waals surface area contributed by atoms with Crippen molar-refractivity contribution in [2.24, 2.45) is 0 Å². The summed E-state index contributed by atoms with van der Waals surface area (Å²) in [5.41, 5.74) is 4.73. The minimum atomic E-state index is -0.266. The van der Waals surface area contributed by atoms with Crippen LogP contribution in [0.1, 0.15) is 28.4 Å². The number of hydrogen-bond acceptors (Lipinski definition) is 5. The summed E-state index contributed by atoms with van der Waals surface area (Å²) < 4.78 is 0. The Hall–Kier alpha value is -3.74. The largest absolute Gasteiger partial charge is 0.326 e. The van der Waals surface area contributed by atoms with Crippen LogP contribution in [0.5, 0.6) is 0 Å². The summed E-state index contributed by atoms with van der Waals surface area (Å²) in [7, 11) is 0. The van der Waals surface area contributed by atoms with Gasteiger partial charge in [-0.2, -0.15) is 0 Å². The molecule has 0 atom stereocenters. The summed E-state index contributed by atoms with van der Waals surface area (Å²) in [5.74, 6) is -0.0211. The Morgan fingerprint density at radius 3 is 2.11 bits per heavy atom. The van der Waals surface area contributed by atoms with Gasteiger partial charge in [0.25, 0.3) is 5.91 Å². The third-order valence-corrected chi connectivity index (χ3v) is 4.01. The SMILES string of the molecule is CC(=O)Nc1ccc(Nc2ncc(C(=O)Nc3ccc(C)cc3C)cn2)cc1. The van der Waals surface area contributed by atoms with Crippen LogP contribution in [-0.4, -0.2) is 21.8 Å². The highest BCUT2D eigenvalue weighted by molar-refractivity contribution is 6.04. The van der Waals surface area contributed by atoms with E-state index in [4.69, 9.17) is 0 Å². The number of amides is 2. The number of carbonyl (C=O) groups is 2. The molecule has 0 saturated heterocycles. The van der Waals surface area contributed by atoms with Gasteiger partial charge in [-0.3, -0.25) is 9.59 Å². The van der Waals surface area contributed by atoms with Crippen LogP contribution in [0.2, 0.25) is 0 Å². The zero-order valence-corrected chi connectivity index (χ0v) is 15.9. The Kier molecular flexibility index (Phi) is 5.64. The lowest BCUT2D eigenvalue weighted by atomic mass is 10.1. The van der Waals surface area contributed by atoms with Crippen molar-refractivity contribution >= 4 is 34.8 Å². The van der Waals surface area contributed by atoms with Crippen molar-refractivity contribution in [1.29, 1.82) is 0 Å². The third kappa shape index (κ3) is 4.91. The van der Waals surface area contributed by atoms with Crippen LogP contribution in [0, 0.1) is 13.8 Å². The fourth-order valence-electron chi connectivity index (χ4n) is 2.63. The zero-order valence-electron chi connectivity index (χ0n) is 15.9. The van der Waals surface area contributed by atoms with E-state index >= 15 is 0 Å². The first-order chi connectivity index (χ1) is 13.4. The fourth-order valence-corrected chi connectivity index (χ4v) is 2.63. The lowest BCUT2D eigenvalue weighted by molar-refractivity contribution is -0.114. The minimum absolute atomic E-state index is 0.126. The number of aryl methyl sites for hydroxylation is 2. The molecule has 1 heterocycles. The second-order valence-electron chi connectivity index (χ2n) is 6.45. The summed E-state index contributed by atoms with van der Waals surface area (Å²) in [6.07, 6.45) is 2.94. The van der Waals surface area contributed by atoms with E-state index in [0.717, 1.165) is 22.5 Å². The molecule has 0 saturated carbocycles. The number of nitrogens with one attached hydrogen (secondary N) is 3. The van der Waals surface area contributed by atoms with Gasteiger partial charge in [0.1, 0.15) is 0 Å². The second kappa shape index (κ2) is 8.30. The van der Waals surface area contributed by atoms with Crippen LogP contribution >= 0.6 is 0 Å². The van der Waals surface area contributed by atoms with Crippen LogP contribution in [0.25, 0.3) is 0 Å². The summed E-state index contributed by atoms with van der Waals surface area (Å²) in [5, 5.41) is 8.62. The van der Waals surface area contributed by atoms with E-state index in [9.17, 15) is 9.59 Å². The maximum atomic E-state index is 12.4. The zero-order chi connectivity index (χ0) is 20.1. The smallest absolute Gasteiger partial charge is 0.258 e. The average Bonchev–Trinajstić information content (AvgIpc) is 2.66. The molecule has 0 unspecified atom stereocenters. The molecule has 2 amide bonds. The molecule has 1 aromatic heterocycles. The Labute approximate surface area is 163 Å². The van der Waals surface area contributed by atoms with Crippen molar-refractivity contribution in [2.75, 3.05) is 16.0 Å². The van der Waals surface area contributed by atoms with Gasteiger partial charge in [-0.05, 0) is 49.7 Å². The Bertz CT molecular complexity index is 998. The number of anilines is 4. The van der Waals surface area contributed by atoms with E-state index < -0.39 is 0 Å². The molecular weight excluding hydrogens is 354 g/mol. The molecule has 0 spiro atoms. The molecular formula is C21H21N5O2. The van der Waals surface area contributed by atoms with Crippen molar-refractivity contribution in [3.05, 3.63) is 71.5 Å². The van der Waals surface area contributed by atoms with Crippen molar-refractivity contribution < 1.29 is 9.59 Å². The molecule has 0 aliphatic heterocycles. The van der Waals surface area contributed by atoms with E-state index in [1.165, 1.54) is 19.3 Å². The van der Waals surface area contributed by atoms with Gasteiger partial charge in [-0.25, -0.2) is 9.97 Å². The summed E-state index contributed by atoms with van der Waals surface area (Å²) in [4.78, 5) is 31.8. The standard InChI is InChI=1S/C21H21N5O2/c1-13-4-9-19(14(2)10-13)26-20(28)16-11-22-21(23-12-16)25-18-7-5-17(6-8-18)24-15(3)27/h4-12H,1-3H3,(H,24,27)(H,26,28)(H,22,23,25). The maximum Gasteiger partial charge on any atom is 0.258 e. The van der Waals surface area contributed by atoms with E-state index in [0.29, 0.717) is 17.2 Å². The van der Waals surface area contributed by atoms with Crippen molar-refractivity contribution in [3.8, 4) is 0 Å². The van der Waals surface area contributed by atoms with Gasteiger partial charge in [0.2, 0.25) is 11.9 Å². The van der Waals surface area contributed by atoms with Crippen LogP contribution in [0.4, 0.5) is 23.0 Å². The highest BCUT2D eigenvalue weighted by Gasteiger charge is 2.09. The lowest BCUT2D eigenvalue weighted by Crippen LogP contribution is -2.14. The molecule has 142 valence electrons. The normalized spacial score (nSPS) is 10.2. The molecule has 3 rings (SSSR count). The summed E-state index contributed by atoms with van der Waals surface area (Å²) in [6, 6.07) is 13.0. The molecule has 3 N–H and O–H groups in total. The van der Waals surface area contributed by atoms with Crippen molar-refractivity contribution in [1.82, 2.24) is 9.97 Å². The summed E-state index contributed by atoms with van der Waals surface area (Å²) in [6.45, 7) is 5.41. The topological polar surface area (TPSA) is 96.0 Å². The Morgan fingerprint density at radius 1 is 0.857 bits per heavy atom. The van der Waals surface area contributed by atoms with Gasteiger partial charge in [-0.1, -0.05) is 17.7 Å². The van der Waals surface area contributed by atoms with Crippen molar-refractivity contribution in [2.45, 2.75) is 20.8 Å². The first-order valence-corrected chi connectivity index (χ1v) is 8.76. The number of carbonyl (C=O) groups excluding carboxylic acids is 2. The highest BCUT2D eigenvalue weighted by atomic mass is 16.2. The molecule has 0 radical (unpaired) electrons. The Morgan fingerprint density at radius 2 is 1.50 bits per heavy atom. The predicted molar refractivity (Wildman–Crippen MR) is 110 cm³/mol. The minimum Gasteiger partial charge on any atom is -0.326 e. The number of hydrogen-bond donors (Lipinski definition) is 3. The molecule has 0 fully saturated rings. The quantitative estimate of drug-likeness (QED) is 0.625. The van der Waals surface area contributed by atoms with Crippen LogP contribution in [-0.2, 0) is 4.79 Å². The predicted octanol–water partition coefficient (Wildman–Crippen LogP) is 4.05. The second-order valence-corrected chi connectivity index (χ2v) is 6.45. The molecule has 2 aromatic carbocycles. The molecule has 7 nitrogen and oxygen atoms in total. The molecule has 0 aliphatic carbocycles. The van der Waals surface area contributed by atoms with Gasteiger partial charge in [0, 0.05) is 36.4 Å². The molecule has 3 aromatic rings. The number of benzene rings is 2. The van der Waals surface area contributed by atoms with E-state index in [2.05, 4.69) is 25.9 Å². The third-order valence-electron chi connectivity index (χ3n) is 4.01. The average molecular weight is 375 g/mol. The monoisotopic (exact) mass is 375 g/mol. The highest BCUT2D eigenvalue weighted by Crippen LogP contribution is 2.18.